The third kappa shape index (κ3) is 1.75. The van der Waals surface area contributed by atoms with E-state index in [9.17, 15) is 4.79 Å². The number of hydrogen-bond donors (Lipinski definition) is 0. The third-order valence-electron chi connectivity index (χ3n) is 2.21. The lowest BCUT2D eigenvalue weighted by atomic mass is 10.2. The van der Waals surface area contributed by atoms with E-state index in [0.29, 0.717) is 6.04 Å². The van der Waals surface area contributed by atoms with Crippen LogP contribution in [0.15, 0.2) is 28.7 Å². The van der Waals surface area contributed by atoms with Crippen molar-refractivity contribution in [3.8, 4) is 0 Å². The summed E-state index contributed by atoms with van der Waals surface area (Å²) in [6.07, 6.45) is 0. The molecule has 1 heterocycles. The number of carbonyl (C=O) groups excluding carboxylic acids is 1. The van der Waals surface area contributed by atoms with Crippen LogP contribution in [0.3, 0.4) is 0 Å². The highest BCUT2D eigenvalue weighted by molar-refractivity contribution is 9.10. The second-order valence-corrected chi connectivity index (χ2v) is 4.23. The summed E-state index contributed by atoms with van der Waals surface area (Å²) in [6, 6.07) is 7.90. The molecule has 0 aliphatic carbocycles. The van der Waals surface area contributed by atoms with Crippen molar-refractivity contribution in [2.45, 2.75) is 13.0 Å². The van der Waals surface area contributed by atoms with Crippen LogP contribution in [0.2, 0.25) is 0 Å². The van der Waals surface area contributed by atoms with Crippen LogP contribution >= 0.6 is 15.9 Å². The fraction of sp³-hybridized carbons (Fsp3) is 0.300. The van der Waals surface area contributed by atoms with Crippen LogP contribution in [0, 0.1) is 0 Å². The molecule has 1 saturated heterocycles. The molecule has 0 radical (unpaired) electrons. The molecule has 0 bridgehead atoms. The molecule has 1 aliphatic rings. The van der Waals surface area contributed by atoms with E-state index in [1.54, 1.807) is 0 Å². The lowest BCUT2D eigenvalue weighted by molar-refractivity contribution is 0.0876. The topological polar surface area (TPSA) is 20.1 Å². The van der Waals surface area contributed by atoms with Gasteiger partial charge in [0.1, 0.15) is 0 Å². The van der Waals surface area contributed by atoms with Gasteiger partial charge in [0.25, 0.3) is 5.91 Å². The Morgan fingerprint density at radius 1 is 1.46 bits per heavy atom. The minimum atomic E-state index is 0.139. The summed E-state index contributed by atoms with van der Waals surface area (Å²) in [5.41, 5.74) is 0.771. The van der Waals surface area contributed by atoms with Gasteiger partial charge in [-0.25, -0.2) is 0 Å². The smallest absolute Gasteiger partial charge is 0.254 e. The third-order valence-corrected chi connectivity index (χ3v) is 2.74. The van der Waals surface area contributed by atoms with Crippen LogP contribution < -0.4 is 0 Å². The number of carbonyl (C=O) groups is 1. The maximum atomic E-state index is 11.6. The highest BCUT2D eigenvalue weighted by atomic mass is 79.9. The van der Waals surface area contributed by atoms with Crippen LogP contribution in [-0.4, -0.2) is 23.4 Å². The zero-order valence-electron chi connectivity index (χ0n) is 7.33. The predicted molar refractivity (Wildman–Crippen MR) is 54.6 cm³/mol. The molecule has 0 saturated carbocycles. The van der Waals surface area contributed by atoms with E-state index >= 15 is 0 Å². The van der Waals surface area contributed by atoms with E-state index in [4.69, 9.17) is 0 Å². The van der Waals surface area contributed by atoms with Crippen LogP contribution in [0.25, 0.3) is 0 Å². The van der Waals surface area contributed by atoms with Crippen molar-refractivity contribution in [3.63, 3.8) is 0 Å². The molecule has 1 aliphatic heterocycles. The second kappa shape index (κ2) is 3.14. The molecule has 1 amide bonds. The maximum Gasteiger partial charge on any atom is 0.254 e. The molecule has 2 rings (SSSR count). The molecule has 1 aromatic rings. The summed E-state index contributed by atoms with van der Waals surface area (Å²) in [4.78, 5) is 13.5. The van der Waals surface area contributed by atoms with Gasteiger partial charge in [0.15, 0.2) is 0 Å². The van der Waals surface area contributed by atoms with Crippen LogP contribution in [0.5, 0.6) is 0 Å². The fourth-order valence-electron chi connectivity index (χ4n) is 1.28. The van der Waals surface area contributed by atoms with Crippen molar-refractivity contribution in [1.29, 1.82) is 0 Å². The average Bonchev–Trinajstić information content (AvgIpc) is 2.83. The minimum Gasteiger partial charge on any atom is -0.332 e. The summed E-state index contributed by atoms with van der Waals surface area (Å²) in [5, 5.41) is 0. The van der Waals surface area contributed by atoms with Crippen LogP contribution in [0.4, 0.5) is 0 Å². The van der Waals surface area contributed by atoms with Gasteiger partial charge < -0.3 is 4.90 Å². The van der Waals surface area contributed by atoms with E-state index in [1.807, 2.05) is 29.2 Å². The number of benzene rings is 1. The first-order valence-electron chi connectivity index (χ1n) is 4.25. The number of halogens is 1. The average molecular weight is 240 g/mol. The van der Waals surface area contributed by atoms with Crippen LogP contribution in [-0.2, 0) is 0 Å². The van der Waals surface area contributed by atoms with Crippen molar-refractivity contribution < 1.29 is 4.79 Å². The molecule has 1 fully saturated rings. The molecule has 0 aromatic heterocycles. The van der Waals surface area contributed by atoms with Gasteiger partial charge >= 0.3 is 0 Å². The van der Waals surface area contributed by atoms with Crippen molar-refractivity contribution >= 4 is 21.8 Å². The van der Waals surface area contributed by atoms with Gasteiger partial charge in [-0.3, -0.25) is 4.79 Å². The van der Waals surface area contributed by atoms with Gasteiger partial charge in [0.2, 0.25) is 0 Å². The normalized spacial score (nSPS) is 20.2. The quantitative estimate of drug-likeness (QED) is 0.689. The molecule has 1 atom stereocenters. The lowest BCUT2D eigenvalue weighted by Gasteiger charge is -2.01. The summed E-state index contributed by atoms with van der Waals surface area (Å²) in [6.45, 7) is 2.95. The van der Waals surface area contributed by atoms with E-state index < -0.39 is 0 Å². The molecular weight excluding hydrogens is 230 g/mol. The Bertz CT molecular complexity index is 333. The summed E-state index contributed by atoms with van der Waals surface area (Å²) < 4.78 is 1.00. The molecule has 3 heteroatoms. The monoisotopic (exact) mass is 239 g/mol. The van der Waals surface area contributed by atoms with Gasteiger partial charge in [0.05, 0.1) is 0 Å². The Morgan fingerprint density at radius 2 is 2.00 bits per heavy atom. The van der Waals surface area contributed by atoms with Crippen molar-refractivity contribution in [2.75, 3.05) is 6.54 Å². The highest BCUT2D eigenvalue weighted by Crippen LogP contribution is 2.21. The summed E-state index contributed by atoms with van der Waals surface area (Å²) in [7, 11) is 0. The first-order valence-corrected chi connectivity index (χ1v) is 5.04. The van der Waals surface area contributed by atoms with Crippen molar-refractivity contribution in [2.24, 2.45) is 0 Å². The Hall–Kier alpha value is -0.830. The van der Waals surface area contributed by atoms with Crippen LogP contribution in [0.1, 0.15) is 17.3 Å². The minimum absolute atomic E-state index is 0.139. The van der Waals surface area contributed by atoms with Gasteiger partial charge in [-0.05, 0) is 31.2 Å². The molecular formula is C10H10BrNO. The molecule has 68 valence electrons. The van der Waals surface area contributed by atoms with Gasteiger partial charge in [0, 0.05) is 22.6 Å². The van der Waals surface area contributed by atoms with Crippen molar-refractivity contribution in [1.82, 2.24) is 4.90 Å². The predicted octanol–water partition coefficient (Wildman–Crippen LogP) is 2.29. The molecule has 1 unspecified atom stereocenters. The Balaban J connectivity index is 2.17. The Labute approximate surface area is 85.7 Å². The number of nitrogens with zero attached hydrogens (tertiary/aromatic N) is 1. The largest absolute Gasteiger partial charge is 0.332 e. The number of hydrogen-bond acceptors (Lipinski definition) is 1. The zero-order valence-corrected chi connectivity index (χ0v) is 8.91. The Morgan fingerprint density at radius 3 is 2.46 bits per heavy atom. The van der Waals surface area contributed by atoms with Gasteiger partial charge in [-0.15, -0.1) is 0 Å². The van der Waals surface area contributed by atoms with Gasteiger partial charge in [-0.1, -0.05) is 15.9 Å². The highest BCUT2D eigenvalue weighted by Gasteiger charge is 2.34. The Kier molecular flexibility index (Phi) is 2.12. The first kappa shape index (κ1) is 8.75. The SMILES string of the molecule is CC1CN1C(=O)c1ccc(Br)cc1. The molecule has 0 N–H and O–H groups in total. The molecule has 1 aromatic carbocycles. The second-order valence-electron chi connectivity index (χ2n) is 3.31. The number of amides is 1. The molecule has 13 heavy (non-hydrogen) atoms. The van der Waals surface area contributed by atoms with E-state index in [2.05, 4.69) is 22.9 Å². The maximum absolute atomic E-state index is 11.6. The molecule has 2 nitrogen and oxygen atoms in total. The van der Waals surface area contributed by atoms with E-state index in [0.717, 1.165) is 16.6 Å². The molecule has 0 spiro atoms. The van der Waals surface area contributed by atoms with E-state index in [1.165, 1.54) is 0 Å². The van der Waals surface area contributed by atoms with Crippen molar-refractivity contribution in [3.05, 3.63) is 34.3 Å². The lowest BCUT2D eigenvalue weighted by Crippen LogP contribution is -2.12. The summed E-state index contributed by atoms with van der Waals surface area (Å²) in [5.74, 6) is 0.139. The number of rotatable bonds is 1. The first-order chi connectivity index (χ1) is 6.18. The van der Waals surface area contributed by atoms with E-state index in [-0.39, 0.29) is 5.91 Å². The van der Waals surface area contributed by atoms with Gasteiger partial charge in [-0.2, -0.15) is 0 Å². The standard InChI is InChI=1S/C10H10BrNO/c1-7-6-12(7)10(13)8-2-4-9(11)5-3-8/h2-5,7H,6H2,1H3. The fourth-order valence-corrected chi connectivity index (χ4v) is 1.54. The zero-order chi connectivity index (χ0) is 9.42. The summed E-state index contributed by atoms with van der Waals surface area (Å²) >= 11 is 3.33.